The standard InChI is InChI=1S/C24H30O5/c1-23(2)10-16(25)21(17(26)11-23)20(14-7-6-8-15(9-14)29-5)22-18(27)12-24(3,4)13-19(22)28/h6-9,20-21,27H,10-13H2,1-5H3/t20-/m1/s1. The number of aliphatic hydroxyl groups excluding tert-OH is 1. The monoisotopic (exact) mass is 398 g/mol. The van der Waals surface area contributed by atoms with Crippen LogP contribution >= 0.6 is 0 Å². The number of rotatable bonds is 4. The van der Waals surface area contributed by atoms with Crippen LogP contribution in [0.4, 0.5) is 0 Å². The van der Waals surface area contributed by atoms with Gasteiger partial charge in [0, 0.05) is 37.2 Å². The van der Waals surface area contributed by atoms with E-state index in [0.717, 1.165) is 0 Å². The normalized spacial score (nSPS) is 23.3. The lowest BCUT2D eigenvalue weighted by molar-refractivity contribution is -0.140. The summed E-state index contributed by atoms with van der Waals surface area (Å²) >= 11 is 0. The number of carbonyl (C=O) groups is 3. The zero-order valence-electron chi connectivity index (χ0n) is 17.9. The number of aliphatic hydroxyl groups is 1. The van der Waals surface area contributed by atoms with E-state index in [9.17, 15) is 19.5 Å². The van der Waals surface area contributed by atoms with Crippen LogP contribution in [0.2, 0.25) is 0 Å². The van der Waals surface area contributed by atoms with Crippen LogP contribution in [0.1, 0.15) is 64.9 Å². The van der Waals surface area contributed by atoms with Crippen molar-refractivity contribution in [3.63, 3.8) is 0 Å². The molecule has 0 saturated heterocycles. The van der Waals surface area contributed by atoms with Gasteiger partial charge in [-0.1, -0.05) is 39.8 Å². The Morgan fingerprint density at radius 2 is 1.55 bits per heavy atom. The maximum atomic E-state index is 13.1. The van der Waals surface area contributed by atoms with Crippen molar-refractivity contribution < 1.29 is 24.2 Å². The first-order chi connectivity index (χ1) is 13.4. The maximum Gasteiger partial charge on any atom is 0.163 e. The average Bonchev–Trinajstić information content (AvgIpc) is 2.57. The topological polar surface area (TPSA) is 80.7 Å². The first-order valence-electron chi connectivity index (χ1n) is 10.1. The minimum atomic E-state index is -0.961. The van der Waals surface area contributed by atoms with E-state index in [1.54, 1.807) is 31.4 Å². The van der Waals surface area contributed by atoms with E-state index in [4.69, 9.17) is 4.74 Å². The van der Waals surface area contributed by atoms with E-state index in [0.29, 0.717) is 17.7 Å². The van der Waals surface area contributed by atoms with Gasteiger partial charge in [-0.25, -0.2) is 0 Å². The molecule has 1 aromatic rings. The van der Waals surface area contributed by atoms with Crippen LogP contribution < -0.4 is 4.74 Å². The lowest BCUT2D eigenvalue weighted by atomic mass is 9.62. The lowest BCUT2D eigenvalue weighted by Crippen LogP contribution is -2.43. The summed E-state index contributed by atoms with van der Waals surface area (Å²) in [6, 6.07) is 7.09. The van der Waals surface area contributed by atoms with Gasteiger partial charge in [0.2, 0.25) is 0 Å². The van der Waals surface area contributed by atoms with Crippen molar-refractivity contribution in [2.75, 3.05) is 7.11 Å². The number of Topliss-reactive ketones (excluding diaryl/α,β-unsaturated/α-hetero) is 3. The average molecular weight is 398 g/mol. The molecule has 0 radical (unpaired) electrons. The van der Waals surface area contributed by atoms with Crippen molar-refractivity contribution in [2.24, 2.45) is 16.7 Å². The van der Waals surface area contributed by atoms with Crippen molar-refractivity contribution in [1.29, 1.82) is 0 Å². The fraction of sp³-hybridized carbons (Fsp3) is 0.542. The van der Waals surface area contributed by atoms with Gasteiger partial charge in [0.05, 0.1) is 13.0 Å². The van der Waals surface area contributed by atoms with Crippen LogP contribution in [0.5, 0.6) is 5.75 Å². The highest BCUT2D eigenvalue weighted by atomic mass is 16.5. The van der Waals surface area contributed by atoms with Gasteiger partial charge in [-0.2, -0.15) is 0 Å². The van der Waals surface area contributed by atoms with E-state index in [-0.39, 0.29) is 53.4 Å². The SMILES string of the molecule is COc1cccc([C@@H](C2=C(O)CC(C)(C)CC2=O)C2C(=O)CC(C)(C)CC2=O)c1. The fourth-order valence-corrected chi connectivity index (χ4v) is 4.79. The van der Waals surface area contributed by atoms with E-state index < -0.39 is 17.3 Å². The van der Waals surface area contributed by atoms with Crippen LogP contribution in [0.25, 0.3) is 0 Å². The van der Waals surface area contributed by atoms with Crippen molar-refractivity contribution in [3.8, 4) is 5.75 Å². The van der Waals surface area contributed by atoms with Gasteiger partial charge in [0.1, 0.15) is 23.1 Å². The Bertz CT molecular complexity index is 870. The van der Waals surface area contributed by atoms with Crippen molar-refractivity contribution in [1.82, 2.24) is 0 Å². The second-order valence-corrected chi connectivity index (χ2v) is 9.98. The lowest BCUT2D eigenvalue weighted by Gasteiger charge is -2.39. The van der Waals surface area contributed by atoms with Crippen LogP contribution in [-0.4, -0.2) is 29.6 Å². The molecule has 5 heteroatoms. The Labute approximate surface area is 172 Å². The summed E-state index contributed by atoms with van der Waals surface area (Å²) in [6.45, 7) is 7.67. The van der Waals surface area contributed by atoms with Crippen molar-refractivity contribution in [2.45, 2.75) is 59.3 Å². The summed E-state index contributed by atoms with van der Waals surface area (Å²) in [7, 11) is 1.54. The number of carbonyl (C=O) groups excluding carboxylic acids is 3. The maximum absolute atomic E-state index is 13.1. The third kappa shape index (κ3) is 4.29. The van der Waals surface area contributed by atoms with Crippen LogP contribution in [-0.2, 0) is 14.4 Å². The molecule has 0 bridgehead atoms. The van der Waals surface area contributed by atoms with Crippen LogP contribution in [0.15, 0.2) is 35.6 Å². The highest BCUT2D eigenvalue weighted by Gasteiger charge is 2.48. The van der Waals surface area contributed by atoms with E-state index in [1.807, 2.05) is 27.7 Å². The first-order valence-corrected chi connectivity index (χ1v) is 10.1. The molecule has 0 aromatic heterocycles. The number of hydrogen-bond acceptors (Lipinski definition) is 5. The molecule has 1 atom stereocenters. The van der Waals surface area contributed by atoms with Gasteiger partial charge in [-0.3, -0.25) is 14.4 Å². The quantitative estimate of drug-likeness (QED) is 0.752. The molecule has 1 N–H and O–H groups in total. The molecule has 0 aliphatic heterocycles. The Hall–Kier alpha value is -2.43. The molecule has 0 amide bonds. The molecular formula is C24H30O5. The van der Waals surface area contributed by atoms with Crippen LogP contribution in [0.3, 0.4) is 0 Å². The molecule has 2 aliphatic rings. The number of hydrogen-bond donors (Lipinski definition) is 1. The number of ketones is 3. The molecule has 0 spiro atoms. The van der Waals surface area contributed by atoms with E-state index >= 15 is 0 Å². The van der Waals surface area contributed by atoms with Crippen molar-refractivity contribution in [3.05, 3.63) is 41.2 Å². The summed E-state index contributed by atoms with van der Waals surface area (Å²) in [5, 5.41) is 10.8. The minimum Gasteiger partial charge on any atom is -0.512 e. The molecule has 0 heterocycles. The highest BCUT2D eigenvalue weighted by Crippen LogP contribution is 2.47. The van der Waals surface area contributed by atoms with Crippen molar-refractivity contribution >= 4 is 17.3 Å². The Balaban J connectivity index is 2.17. The molecule has 1 aromatic carbocycles. The Morgan fingerprint density at radius 3 is 2.10 bits per heavy atom. The summed E-state index contributed by atoms with van der Waals surface area (Å²) in [5.41, 5.74) is 0.111. The smallest absolute Gasteiger partial charge is 0.163 e. The second-order valence-electron chi connectivity index (χ2n) is 9.98. The first kappa shape index (κ1) is 21.3. The number of benzene rings is 1. The van der Waals surface area contributed by atoms with Gasteiger partial charge >= 0.3 is 0 Å². The molecule has 29 heavy (non-hydrogen) atoms. The molecule has 3 rings (SSSR count). The number of ether oxygens (including phenoxy) is 1. The van der Waals surface area contributed by atoms with Gasteiger partial charge in [0.25, 0.3) is 0 Å². The zero-order chi connectivity index (χ0) is 21.6. The number of allylic oxidation sites excluding steroid dienone is 2. The third-order valence-corrected chi connectivity index (χ3v) is 5.99. The van der Waals surface area contributed by atoms with Gasteiger partial charge in [0.15, 0.2) is 5.78 Å². The summed E-state index contributed by atoms with van der Waals surface area (Å²) < 4.78 is 5.32. The largest absolute Gasteiger partial charge is 0.512 e. The molecule has 5 nitrogen and oxygen atoms in total. The van der Waals surface area contributed by atoms with Gasteiger partial charge in [-0.15, -0.1) is 0 Å². The number of methoxy groups -OCH3 is 1. The molecule has 1 fully saturated rings. The minimum absolute atomic E-state index is 0.00972. The molecule has 156 valence electrons. The highest BCUT2D eigenvalue weighted by molar-refractivity contribution is 6.09. The molecule has 1 saturated carbocycles. The third-order valence-electron chi connectivity index (χ3n) is 5.99. The molecule has 0 unspecified atom stereocenters. The Kier molecular flexibility index (Phi) is 5.46. The van der Waals surface area contributed by atoms with Gasteiger partial charge < -0.3 is 9.84 Å². The second kappa shape index (κ2) is 7.43. The summed E-state index contributed by atoms with van der Waals surface area (Å²) in [6.07, 6.45) is 1.16. The van der Waals surface area contributed by atoms with Gasteiger partial charge in [-0.05, 0) is 28.5 Å². The van der Waals surface area contributed by atoms with Crippen LogP contribution in [0, 0.1) is 16.7 Å². The zero-order valence-corrected chi connectivity index (χ0v) is 17.9. The summed E-state index contributed by atoms with van der Waals surface area (Å²) in [4.78, 5) is 39.3. The fourth-order valence-electron chi connectivity index (χ4n) is 4.79. The Morgan fingerprint density at radius 1 is 0.966 bits per heavy atom. The predicted octanol–water partition coefficient (Wildman–Crippen LogP) is 4.55. The van der Waals surface area contributed by atoms with E-state index in [2.05, 4.69) is 0 Å². The summed E-state index contributed by atoms with van der Waals surface area (Å²) in [5.74, 6) is -1.72. The predicted molar refractivity (Wildman–Crippen MR) is 110 cm³/mol. The van der Waals surface area contributed by atoms with E-state index in [1.165, 1.54) is 0 Å². The molecular weight excluding hydrogens is 368 g/mol. The molecule has 2 aliphatic carbocycles.